The molecule has 0 atom stereocenters. The van der Waals surface area contributed by atoms with E-state index in [0.29, 0.717) is 0 Å². The molecular formula is C101H109BrCl2N12P2PbS10Sn2. The molecule has 0 saturated heterocycles. The standard InChI is InChI=1S/C24H14N8S6.2C18H15P.C10H8S2.C7H3BrN4S2.6C4H9.2ClH.Pb.2Sn/c1-7-5-11(13-19-15(25-35-29-19)9(3)16-20(13)30-36-26-16)33-23(7)24-8(2)6-12(34-24)14-21-17(27-37-31-21)10(4)18-22(14)32-38-28-18;2*1-4-10-16(11-5-1)19(17-12-6-2-7-13-17)18-14-8-3-9-15-18;1-7-3-5-11-9(7)10-8(2)4-6-12-10;1-2-4-6(11-13-9-4)3(8)7-5(2)10-14-12-7;6*1-3-4-2;;;;;/h5-6H,1-4H3;2*1-15H;3-4H,1-2H3;1H3;6*1,3-4H2,2H3;2*1H;;;/q;;;;;;;;;;;;;+2;;/p-2. The van der Waals surface area contributed by atoms with Crippen molar-refractivity contribution in [3.63, 3.8) is 0 Å². The minimum atomic E-state index is -2.38. The fourth-order valence-corrected chi connectivity index (χ4v) is 70.2. The number of fused-ring (bicyclic) bond motifs is 6. The van der Waals surface area contributed by atoms with E-state index >= 15 is 0 Å². The molecule has 12 nitrogen and oxygen atoms in total. The van der Waals surface area contributed by atoms with Gasteiger partial charge in [-0.3, -0.25) is 0 Å². The Balaban J connectivity index is 0.000000137. The maximum absolute atomic E-state index is 4.96. The molecule has 0 N–H and O–H groups in total. The minimum absolute atomic E-state index is 0.446. The smallest absolute Gasteiger partial charge is 0.0134 e. The van der Waals surface area contributed by atoms with Gasteiger partial charge in [0.15, 0.2) is 0 Å². The summed E-state index contributed by atoms with van der Waals surface area (Å²) in [5.74, 6) is 0. The van der Waals surface area contributed by atoms with E-state index in [1.165, 1.54) is 199 Å². The SMILES string of the molecule is CCC[CH2][Sn]([CH2]CCC)([CH2]CCC)[c]1cc(C)c(-c2s[c]([Sn]([CH2]CCC)([CH2]CCC)[CH2]CCC)cc2C)s1.Cc1c2c(c(Br)c3nsnc13)N=S=N2.Cc1cc(-c2c3c(c(C)c4nsnc24)N=S=N3)sc1-c1sc(-c2c3c(c(C)c4nsnc24)N=S=N3)cc1C.[Cl][Pb][Cl].c1ccc(P(c2ccccc2)c2ccccc2)cc1.c1ccc(P(c2ccccc2)c2ccccc2)cc1. The maximum atomic E-state index is 4.96. The molecule has 3 aliphatic heterocycles. The first kappa shape index (κ1) is 102. The molecule has 3 aliphatic rings. The van der Waals surface area contributed by atoms with Crippen molar-refractivity contribution < 1.29 is 0 Å². The summed E-state index contributed by atoms with van der Waals surface area (Å²) in [4.78, 5) is 8.09. The van der Waals surface area contributed by atoms with Crippen LogP contribution in [0.15, 0.2) is 237 Å². The second-order valence-corrected chi connectivity index (χ2v) is 79.6. The van der Waals surface area contributed by atoms with Crippen molar-refractivity contribution in [2.45, 2.75) is 194 Å². The van der Waals surface area contributed by atoms with Crippen LogP contribution in [0.5, 0.6) is 0 Å². The van der Waals surface area contributed by atoms with Gasteiger partial charge in [-0.1, -0.05) is 182 Å². The van der Waals surface area contributed by atoms with E-state index in [1.54, 1.807) is 70.2 Å². The summed E-state index contributed by atoms with van der Waals surface area (Å²) in [6.45, 7) is 29.8. The van der Waals surface area contributed by atoms with Crippen molar-refractivity contribution in [1.29, 1.82) is 0 Å². The summed E-state index contributed by atoms with van der Waals surface area (Å²) >= 11 is 13.3. The molecule has 131 heavy (non-hydrogen) atoms. The van der Waals surface area contributed by atoms with Crippen molar-refractivity contribution in [2.24, 2.45) is 26.2 Å². The van der Waals surface area contributed by atoms with Crippen molar-refractivity contribution in [3.05, 3.63) is 250 Å². The first-order valence-electron chi connectivity index (χ1n) is 45.1. The summed E-state index contributed by atoms with van der Waals surface area (Å²) in [6, 6.07) is 74.6. The first-order valence-corrected chi connectivity index (χ1v) is 80.7. The van der Waals surface area contributed by atoms with Gasteiger partial charge in [0.1, 0.15) is 67.2 Å². The Morgan fingerprint density at radius 2 is 0.527 bits per heavy atom. The average molecular weight is 2470 g/mol. The first-order chi connectivity index (χ1) is 64.0. The molecule has 0 spiro atoms. The molecule has 10 heterocycles. The third-order valence-corrected chi connectivity index (χ3v) is 74.7. The molecule has 9 aromatic carbocycles. The van der Waals surface area contributed by atoms with Crippen LogP contribution in [0.4, 0.5) is 34.1 Å². The van der Waals surface area contributed by atoms with Crippen molar-refractivity contribution in [1.82, 2.24) is 26.2 Å². The van der Waals surface area contributed by atoms with Gasteiger partial charge in [-0.05, 0) is 121 Å². The largest absolute Gasteiger partial charge is 0.0622 e. The van der Waals surface area contributed by atoms with E-state index < -0.39 is 74.4 Å². The third kappa shape index (κ3) is 24.0. The Labute approximate surface area is 851 Å². The van der Waals surface area contributed by atoms with Crippen molar-refractivity contribution in [3.8, 4) is 40.4 Å². The van der Waals surface area contributed by atoms with E-state index in [-0.39, 0.29) is 0 Å². The Bertz CT molecular complexity index is 6130. The number of thiophene rings is 4. The zero-order chi connectivity index (χ0) is 92.0. The van der Waals surface area contributed by atoms with Crippen LogP contribution in [0, 0.1) is 48.5 Å². The van der Waals surface area contributed by atoms with E-state index in [9.17, 15) is 0 Å². The van der Waals surface area contributed by atoms with E-state index in [0.717, 1.165) is 109 Å². The van der Waals surface area contributed by atoms with Gasteiger partial charge >= 0.3 is 296 Å². The van der Waals surface area contributed by atoms with Gasteiger partial charge in [0, 0.05) is 47.3 Å². The molecule has 30 heteroatoms. The second kappa shape index (κ2) is 50.1. The van der Waals surface area contributed by atoms with Gasteiger partial charge in [0.2, 0.25) is 0 Å². The fraction of sp³-hybridized carbons (Fsp3) is 0.307. The molecule has 0 aliphatic carbocycles. The predicted octanol–water partition coefficient (Wildman–Crippen LogP) is 33.1. The van der Waals surface area contributed by atoms with E-state index in [2.05, 4.69) is 367 Å². The Kier molecular flexibility index (Phi) is 39.0. The Morgan fingerprint density at radius 3 is 0.809 bits per heavy atom. The minimum Gasteiger partial charge on any atom is -0.0622 e. The number of aryl methyl sites for hydroxylation is 7. The maximum Gasteiger partial charge on any atom is -0.0134 e. The average Bonchev–Trinajstić information content (AvgIpc) is 1.60. The molecule has 0 saturated carbocycles. The molecule has 676 valence electrons. The van der Waals surface area contributed by atoms with Gasteiger partial charge in [-0.25, -0.2) is 0 Å². The van der Waals surface area contributed by atoms with Crippen LogP contribution in [-0.4, -0.2) is 84.8 Å². The van der Waals surface area contributed by atoms with E-state index in [4.69, 9.17) is 16.6 Å². The van der Waals surface area contributed by atoms with Crippen molar-refractivity contribution >= 4 is 326 Å². The van der Waals surface area contributed by atoms with Gasteiger partial charge in [-0.15, -0.1) is 22.7 Å². The molecule has 16 aromatic rings. The molecule has 0 amide bonds. The van der Waals surface area contributed by atoms with E-state index in [1.807, 2.05) is 26.6 Å². The Hall–Kier alpha value is -4.86. The van der Waals surface area contributed by atoms with Crippen LogP contribution in [-0.2, 0) is 34.1 Å². The quantitative estimate of drug-likeness (QED) is 0.0323. The van der Waals surface area contributed by atoms with Gasteiger partial charge in [0.05, 0.1) is 73.7 Å². The van der Waals surface area contributed by atoms with Crippen LogP contribution >= 0.6 is 129 Å². The zero-order valence-corrected chi connectivity index (χ0v) is 99.0. The number of nitrogens with zero attached hydrogens (tertiary/aromatic N) is 12. The van der Waals surface area contributed by atoms with Gasteiger partial charge in [0.25, 0.3) is 0 Å². The Morgan fingerprint density at radius 1 is 0.298 bits per heavy atom. The molecular weight excluding hydrogens is 2360 g/mol. The van der Waals surface area contributed by atoms with Crippen molar-refractivity contribution in [2.75, 3.05) is 0 Å². The summed E-state index contributed by atoms with van der Waals surface area (Å²) in [7, 11) is 9.02. The van der Waals surface area contributed by atoms with Gasteiger partial charge in [-0.2, -0.15) is 52.4 Å². The number of hydrogen-bond donors (Lipinski definition) is 0. The number of rotatable bonds is 30. The summed E-state index contributed by atoms with van der Waals surface area (Å²) in [5, 5.41) is 8.39. The normalized spacial score (nSPS) is 12.2. The number of hydrogen-bond acceptors (Lipinski definition) is 19. The molecule has 0 fully saturated rings. The predicted molar refractivity (Wildman–Crippen MR) is 598 cm³/mol. The molecule has 7 aromatic heterocycles. The van der Waals surface area contributed by atoms with Crippen LogP contribution in [0.2, 0.25) is 26.6 Å². The topological polar surface area (TPSA) is 152 Å². The number of aromatic nitrogens is 6. The fourth-order valence-electron chi connectivity index (χ4n) is 17.2. The van der Waals surface area contributed by atoms with Crippen LogP contribution in [0.1, 0.15) is 158 Å². The summed E-state index contributed by atoms with van der Waals surface area (Å²) in [5.41, 5.74) is 21.7. The molecule has 2 radical (unpaired) electrons. The van der Waals surface area contributed by atoms with Crippen LogP contribution in [0.3, 0.4) is 0 Å². The third-order valence-electron chi connectivity index (χ3n) is 24.2. The number of halogens is 3. The van der Waals surface area contributed by atoms with Crippen LogP contribution < -0.4 is 37.6 Å². The zero-order valence-electron chi connectivity index (χ0n) is 76.3. The monoisotopic (exact) mass is 2470 g/mol. The number of benzene rings is 9. The van der Waals surface area contributed by atoms with Gasteiger partial charge < -0.3 is 0 Å². The molecule has 0 unspecified atom stereocenters. The summed E-state index contributed by atoms with van der Waals surface area (Å²) < 4.78 is 68.2. The molecule has 19 rings (SSSR count). The number of unbranched alkanes of at least 4 members (excludes halogenated alkanes) is 6. The summed E-state index contributed by atoms with van der Waals surface area (Å²) in [6.07, 6.45) is 16.9. The second-order valence-electron chi connectivity index (χ2n) is 33.1. The van der Waals surface area contributed by atoms with Crippen LogP contribution in [0.25, 0.3) is 73.5 Å². The molecule has 0 bridgehead atoms.